The van der Waals surface area contributed by atoms with Crippen molar-refractivity contribution in [3.63, 3.8) is 0 Å². The van der Waals surface area contributed by atoms with Crippen molar-refractivity contribution < 1.29 is 8.78 Å². The molecule has 1 heterocycles. The minimum Gasteiger partial charge on any atom is -0.326 e. The molecule has 1 N–H and O–H groups in total. The summed E-state index contributed by atoms with van der Waals surface area (Å²) < 4.78 is 28.6. The van der Waals surface area contributed by atoms with Crippen LogP contribution in [0.15, 0.2) is 53.5 Å². The van der Waals surface area contributed by atoms with E-state index in [9.17, 15) is 13.6 Å². The van der Waals surface area contributed by atoms with E-state index in [1.165, 1.54) is 29.0 Å². The van der Waals surface area contributed by atoms with Crippen molar-refractivity contribution in [3.8, 4) is 11.1 Å². The second kappa shape index (κ2) is 7.07. The smallest absolute Gasteiger partial charge is 0.262 e. The molecule has 6 heteroatoms. The van der Waals surface area contributed by atoms with Crippen LogP contribution in [-0.4, -0.2) is 9.55 Å². The van der Waals surface area contributed by atoms with E-state index < -0.39 is 0 Å². The van der Waals surface area contributed by atoms with E-state index in [1.54, 1.807) is 31.3 Å². The standard InChI is InChI=1S/C20H19F2N3O/c1-12(2)16-9-4-13(10-18(16)22)17-11-23-20(25(3)19(17)26)24-15-7-5-14(21)6-8-15/h4-12H,1-3H3,(H,23,24). The molecule has 0 aliphatic heterocycles. The van der Waals surface area contributed by atoms with Crippen LogP contribution in [0.1, 0.15) is 25.3 Å². The topological polar surface area (TPSA) is 46.9 Å². The summed E-state index contributed by atoms with van der Waals surface area (Å²) in [6.45, 7) is 3.82. The fourth-order valence-electron chi connectivity index (χ4n) is 2.68. The maximum atomic E-state index is 14.2. The van der Waals surface area contributed by atoms with Crippen LogP contribution in [0.4, 0.5) is 20.4 Å². The van der Waals surface area contributed by atoms with Gasteiger partial charge in [0.25, 0.3) is 5.56 Å². The molecule has 0 saturated heterocycles. The highest BCUT2D eigenvalue weighted by Gasteiger charge is 2.13. The van der Waals surface area contributed by atoms with Gasteiger partial charge >= 0.3 is 0 Å². The lowest BCUT2D eigenvalue weighted by Gasteiger charge is -2.12. The van der Waals surface area contributed by atoms with Gasteiger partial charge < -0.3 is 5.32 Å². The average Bonchev–Trinajstić information content (AvgIpc) is 2.60. The molecule has 3 aromatic rings. The maximum absolute atomic E-state index is 14.2. The summed E-state index contributed by atoms with van der Waals surface area (Å²) in [5, 5.41) is 2.97. The number of nitrogens with zero attached hydrogens (tertiary/aromatic N) is 2. The van der Waals surface area contributed by atoms with E-state index in [0.29, 0.717) is 28.3 Å². The van der Waals surface area contributed by atoms with Crippen molar-refractivity contribution in [1.82, 2.24) is 9.55 Å². The lowest BCUT2D eigenvalue weighted by molar-refractivity contribution is 0.599. The summed E-state index contributed by atoms with van der Waals surface area (Å²) in [5.74, 6) is -0.315. The number of hydrogen-bond donors (Lipinski definition) is 1. The van der Waals surface area contributed by atoms with Crippen molar-refractivity contribution in [3.05, 3.63) is 76.2 Å². The summed E-state index contributed by atoms with van der Waals surface area (Å²) in [5.41, 5.74) is 1.70. The minimum atomic E-state index is -0.348. The maximum Gasteiger partial charge on any atom is 0.262 e. The SMILES string of the molecule is CC(C)c1ccc(-c2cnc(Nc3ccc(F)cc3)n(C)c2=O)cc1F. The Morgan fingerprint density at radius 1 is 1.08 bits per heavy atom. The summed E-state index contributed by atoms with van der Waals surface area (Å²) in [4.78, 5) is 16.9. The lowest BCUT2D eigenvalue weighted by Crippen LogP contribution is -2.22. The Balaban J connectivity index is 1.96. The van der Waals surface area contributed by atoms with Gasteiger partial charge in [-0.15, -0.1) is 0 Å². The normalized spacial score (nSPS) is 11.0. The van der Waals surface area contributed by atoms with Crippen LogP contribution in [0.5, 0.6) is 0 Å². The molecule has 0 saturated carbocycles. The van der Waals surface area contributed by atoms with Crippen molar-refractivity contribution in [2.24, 2.45) is 7.05 Å². The van der Waals surface area contributed by atoms with Gasteiger partial charge in [0.05, 0.1) is 5.56 Å². The van der Waals surface area contributed by atoms with E-state index in [4.69, 9.17) is 0 Å². The van der Waals surface area contributed by atoms with Crippen molar-refractivity contribution in [2.75, 3.05) is 5.32 Å². The fourth-order valence-corrected chi connectivity index (χ4v) is 2.68. The Bertz CT molecular complexity index is 995. The van der Waals surface area contributed by atoms with E-state index >= 15 is 0 Å². The van der Waals surface area contributed by atoms with Gasteiger partial charge in [0.1, 0.15) is 11.6 Å². The zero-order chi connectivity index (χ0) is 18.8. The summed E-state index contributed by atoms with van der Waals surface area (Å²) in [6.07, 6.45) is 1.41. The average molecular weight is 355 g/mol. The predicted octanol–water partition coefficient (Wildman–Crippen LogP) is 4.59. The summed E-state index contributed by atoms with van der Waals surface area (Å²) >= 11 is 0. The van der Waals surface area contributed by atoms with Crippen LogP contribution in [-0.2, 0) is 7.05 Å². The number of halogens is 2. The van der Waals surface area contributed by atoms with E-state index in [1.807, 2.05) is 13.8 Å². The summed E-state index contributed by atoms with van der Waals surface area (Å²) in [7, 11) is 1.57. The van der Waals surface area contributed by atoms with Crippen LogP contribution < -0.4 is 10.9 Å². The number of hydrogen-bond acceptors (Lipinski definition) is 3. The highest BCUT2D eigenvalue weighted by atomic mass is 19.1. The lowest BCUT2D eigenvalue weighted by atomic mass is 9.99. The fraction of sp³-hybridized carbons (Fsp3) is 0.200. The molecule has 0 fully saturated rings. The molecule has 4 nitrogen and oxygen atoms in total. The van der Waals surface area contributed by atoms with Crippen LogP contribution in [0.3, 0.4) is 0 Å². The van der Waals surface area contributed by atoms with Gasteiger partial charge in [-0.3, -0.25) is 9.36 Å². The number of rotatable bonds is 4. The van der Waals surface area contributed by atoms with Gasteiger partial charge in [-0.25, -0.2) is 13.8 Å². The van der Waals surface area contributed by atoms with E-state index in [0.717, 1.165) is 0 Å². The van der Waals surface area contributed by atoms with Gasteiger partial charge in [-0.1, -0.05) is 26.0 Å². The van der Waals surface area contributed by atoms with Gasteiger partial charge in [-0.05, 0) is 47.4 Å². The molecule has 0 bridgehead atoms. The molecule has 0 amide bonds. The second-order valence-electron chi connectivity index (χ2n) is 6.38. The third-order valence-electron chi connectivity index (χ3n) is 4.20. The second-order valence-corrected chi connectivity index (χ2v) is 6.38. The summed E-state index contributed by atoms with van der Waals surface area (Å²) in [6, 6.07) is 10.5. The first kappa shape index (κ1) is 17.8. The molecule has 26 heavy (non-hydrogen) atoms. The molecule has 0 atom stereocenters. The molecule has 0 spiro atoms. The van der Waals surface area contributed by atoms with Gasteiger partial charge in [0, 0.05) is 18.9 Å². The quantitative estimate of drug-likeness (QED) is 0.744. The molecule has 0 unspecified atom stereocenters. The Hall–Kier alpha value is -3.02. The van der Waals surface area contributed by atoms with E-state index in [2.05, 4.69) is 10.3 Å². The molecule has 134 valence electrons. The van der Waals surface area contributed by atoms with Crippen LogP contribution in [0, 0.1) is 11.6 Å². The Morgan fingerprint density at radius 3 is 2.38 bits per heavy atom. The van der Waals surface area contributed by atoms with Gasteiger partial charge in [-0.2, -0.15) is 0 Å². The number of nitrogens with one attached hydrogen (secondary N) is 1. The largest absolute Gasteiger partial charge is 0.326 e. The van der Waals surface area contributed by atoms with Crippen molar-refractivity contribution >= 4 is 11.6 Å². The molecular weight excluding hydrogens is 336 g/mol. The molecule has 1 aromatic heterocycles. The van der Waals surface area contributed by atoms with Crippen LogP contribution in [0.2, 0.25) is 0 Å². The highest BCUT2D eigenvalue weighted by molar-refractivity contribution is 5.64. The minimum absolute atomic E-state index is 0.0623. The molecule has 0 radical (unpaired) electrons. The zero-order valence-corrected chi connectivity index (χ0v) is 14.8. The molecular formula is C20H19F2N3O. The van der Waals surface area contributed by atoms with Crippen molar-refractivity contribution in [1.29, 1.82) is 0 Å². The van der Waals surface area contributed by atoms with Gasteiger partial charge in [0.2, 0.25) is 5.95 Å². The first-order valence-electron chi connectivity index (χ1n) is 8.25. The Morgan fingerprint density at radius 2 is 1.77 bits per heavy atom. The molecule has 0 aliphatic rings. The first-order chi connectivity index (χ1) is 12.4. The Labute approximate surface area is 150 Å². The zero-order valence-electron chi connectivity index (χ0n) is 14.8. The molecule has 2 aromatic carbocycles. The van der Waals surface area contributed by atoms with Gasteiger partial charge in [0.15, 0.2) is 0 Å². The third-order valence-corrected chi connectivity index (χ3v) is 4.20. The predicted molar refractivity (Wildman–Crippen MR) is 98.6 cm³/mol. The monoisotopic (exact) mass is 355 g/mol. The third kappa shape index (κ3) is 3.49. The van der Waals surface area contributed by atoms with Crippen molar-refractivity contribution in [2.45, 2.75) is 19.8 Å². The molecule has 3 rings (SSSR count). The van der Waals surface area contributed by atoms with Crippen LogP contribution >= 0.6 is 0 Å². The number of benzene rings is 2. The number of anilines is 2. The van der Waals surface area contributed by atoms with Crippen LogP contribution in [0.25, 0.3) is 11.1 Å². The Kier molecular flexibility index (Phi) is 4.84. The molecule has 0 aliphatic carbocycles. The highest BCUT2D eigenvalue weighted by Crippen LogP contribution is 2.24. The number of aromatic nitrogens is 2. The van der Waals surface area contributed by atoms with E-state index in [-0.39, 0.29) is 23.1 Å². The first-order valence-corrected chi connectivity index (χ1v) is 8.25.